The molecule has 0 fully saturated rings. The summed E-state index contributed by atoms with van der Waals surface area (Å²) >= 11 is 6.93. The minimum Gasteiger partial charge on any atom is -0.389 e. The maximum absolute atomic E-state index is 5.70. The second-order valence-corrected chi connectivity index (χ2v) is 5.93. The molecule has 0 saturated heterocycles. The molecule has 0 saturated carbocycles. The van der Waals surface area contributed by atoms with Crippen LogP contribution in [0.5, 0.6) is 0 Å². The van der Waals surface area contributed by atoms with Crippen LogP contribution in [0.3, 0.4) is 0 Å². The van der Waals surface area contributed by atoms with Crippen molar-refractivity contribution in [1.82, 2.24) is 4.98 Å². The van der Waals surface area contributed by atoms with Gasteiger partial charge in [-0.1, -0.05) is 26.1 Å². The third-order valence-corrected chi connectivity index (χ3v) is 5.18. The van der Waals surface area contributed by atoms with Crippen LogP contribution in [0.15, 0.2) is 18.3 Å². The topological polar surface area (TPSA) is 50.9 Å². The number of nitrogens with one attached hydrogen (secondary N) is 1. The Morgan fingerprint density at radius 3 is 2.67 bits per heavy atom. The van der Waals surface area contributed by atoms with Gasteiger partial charge in [0.1, 0.15) is 10.8 Å². The van der Waals surface area contributed by atoms with E-state index in [1.54, 1.807) is 6.20 Å². The third kappa shape index (κ3) is 3.59. The lowest BCUT2D eigenvalue weighted by molar-refractivity contribution is 0.574. The van der Waals surface area contributed by atoms with Crippen molar-refractivity contribution in [2.75, 3.05) is 18.1 Å². The molecule has 1 aromatic rings. The van der Waals surface area contributed by atoms with Crippen molar-refractivity contribution in [3.63, 3.8) is 0 Å². The molecule has 1 rings (SSSR count). The highest BCUT2D eigenvalue weighted by Gasteiger charge is 2.25. The van der Waals surface area contributed by atoms with Gasteiger partial charge in [-0.3, -0.25) is 0 Å². The quantitative estimate of drug-likeness (QED) is 0.753. The fourth-order valence-corrected chi connectivity index (χ4v) is 2.81. The van der Waals surface area contributed by atoms with E-state index in [2.05, 4.69) is 30.4 Å². The molecule has 1 aromatic heterocycles. The van der Waals surface area contributed by atoms with E-state index < -0.39 is 0 Å². The maximum atomic E-state index is 5.70. The molecule has 100 valence electrons. The predicted molar refractivity (Wildman–Crippen MR) is 85.4 cm³/mol. The summed E-state index contributed by atoms with van der Waals surface area (Å²) in [6, 6.07) is 3.75. The first-order chi connectivity index (χ1) is 8.58. The first-order valence-electron chi connectivity index (χ1n) is 6.12. The van der Waals surface area contributed by atoms with Crippen LogP contribution >= 0.6 is 24.0 Å². The number of nitrogens with two attached hydrogens (primary N) is 1. The van der Waals surface area contributed by atoms with Gasteiger partial charge in [0, 0.05) is 17.5 Å². The normalized spacial score (nSPS) is 11.3. The van der Waals surface area contributed by atoms with Crippen LogP contribution in [-0.4, -0.2) is 27.5 Å². The van der Waals surface area contributed by atoms with Gasteiger partial charge in [-0.2, -0.15) is 11.8 Å². The van der Waals surface area contributed by atoms with E-state index in [1.807, 2.05) is 23.9 Å². The Hall–Kier alpha value is -0.810. The van der Waals surface area contributed by atoms with Crippen LogP contribution in [0.1, 0.15) is 32.3 Å². The Morgan fingerprint density at radius 2 is 2.17 bits per heavy atom. The monoisotopic (exact) mass is 283 g/mol. The summed E-state index contributed by atoms with van der Waals surface area (Å²) in [5.41, 5.74) is 6.51. The van der Waals surface area contributed by atoms with E-state index in [0.717, 1.165) is 30.8 Å². The number of hydrogen-bond acceptors (Lipinski definition) is 4. The van der Waals surface area contributed by atoms with Crippen LogP contribution in [-0.2, 0) is 0 Å². The molecule has 3 N–H and O–H groups in total. The van der Waals surface area contributed by atoms with Gasteiger partial charge in [0.15, 0.2) is 0 Å². The van der Waals surface area contributed by atoms with Gasteiger partial charge in [0.05, 0.1) is 5.56 Å². The molecule has 0 aliphatic rings. The van der Waals surface area contributed by atoms with E-state index in [-0.39, 0.29) is 4.75 Å². The fourth-order valence-electron chi connectivity index (χ4n) is 1.85. The Morgan fingerprint density at radius 1 is 1.50 bits per heavy atom. The van der Waals surface area contributed by atoms with Gasteiger partial charge in [0.2, 0.25) is 0 Å². The number of aromatic nitrogens is 1. The molecule has 0 radical (unpaired) electrons. The van der Waals surface area contributed by atoms with Crippen LogP contribution in [0.25, 0.3) is 0 Å². The van der Waals surface area contributed by atoms with Crippen molar-refractivity contribution in [3.8, 4) is 0 Å². The minimum absolute atomic E-state index is 0.241. The maximum Gasteiger partial charge on any atom is 0.136 e. The smallest absolute Gasteiger partial charge is 0.136 e. The molecule has 0 aliphatic heterocycles. The average molecular weight is 283 g/mol. The van der Waals surface area contributed by atoms with Crippen molar-refractivity contribution in [1.29, 1.82) is 0 Å². The van der Waals surface area contributed by atoms with Crippen molar-refractivity contribution in [2.45, 2.75) is 31.4 Å². The molecule has 0 aromatic carbocycles. The Labute approximate surface area is 119 Å². The van der Waals surface area contributed by atoms with Gasteiger partial charge >= 0.3 is 0 Å². The highest BCUT2D eigenvalue weighted by molar-refractivity contribution is 8.00. The van der Waals surface area contributed by atoms with E-state index in [4.69, 9.17) is 18.0 Å². The number of pyridine rings is 1. The van der Waals surface area contributed by atoms with E-state index in [0.29, 0.717) is 4.99 Å². The predicted octanol–water partition coefficient (Wildman–Crippen LogP) is 3.05. The number of thioether (sulfide) groups is 1. The van der Waals surface area contributed by atoms with Crippen molar-refractivity contribution in [3.05, 3.63) is 23.9 Å². The fraction of sp³-hybridized carbons (Fsp3) is 0.538. The number of anilines is 1. The zero-order valence-corrected chi connectivity index (χ0v) is 12.8. The van der Waals surface area contributed by atoms with Gasteiger partial charge < -0.3 is 11.1 Å². The summed E-state index contributed by atoms with van der Waals surface area (Å²) < 4.78 is 0.241. The standard InChI is InChI=1S/C13H21N3S2/c1-4-13(5-2,18-3)9-16-12-10(11(14)17)7-6-8-15-12/h6-8H,4-5,9H2,1-3H3,(H2,14,17)(H,15,16). The molecule has 0 spiro atoms. The number of nitrogens with zero attached hydrogens (tertiary/aromatic N) is 1. The number of hydrogen-bond donors (Lipinski definition) is 2. The first kappa shape index (κ1) is 15.2. The van der Waals surface area contributed by atoms with Crippen LogP contribution in [0.4, 0.5) is 5.82 Å². The lowest BCUT2D eigenvalue weighted by Gasteiger charge is -2.30. The molecular weight excluding hydrogens is 262 g/mol. The van der Waals surface area contributed by atoms with Crippen LogP contribution in [0, 0.1) is 0 Å². The molecule has 18 heavy (non-hydrogen) atoms. The zero-order chi connectivity index (χ0) is 13.6. The number of rotatable bonds is 7. The highest BCUT2D eigenvalue weighted by Crippen LogP contribution is 2.30. The van der Waals surface area contributed by atoms with Gasteiger partial charge in [0.25, 0.3) is 0 Å². The minimum atomic E-state index is 0.241. The van der Waals surface area contributed by atoms with Crippen molar-refractivity contribution < 1.29 is 0 Å². The van der Waals surface area contributed by atoms with E-state index in [9.17, 15) is 0 Å². The Balaban J connectivity index is 2.83. The first-order valence-corrected chi connectivity index (χ1v) is 7.75. The second kappa shape index (κ2) is 6.95. The number of thiocarbonyl (C=S) groups is 1. The summed E-state index contributed by atoms with van der Waals surface area (Å²) in [5.74, 6) is 0.783. The van der Waals surface area contributed by atoms with Crippen LogP contribution < -0.4 is 11.1 Å². The summed E-state index contributed by atoms with van der Waals surface area (Å²) in [6.45, 7) is 5.30. The average Bonchev–Trinajstić information content (AvgIpc) is 2.41. The lowest BCUT2D eigenvalue weighted by atomic mass is 10.0. The molecule has 0 amide bonds. The van der Waals surface area contributed by atoms with E-state index >= 15 is 0 Å². The molecule has 0 unspecified atom stereocenters. The van der Waals surface area contributed by atoms with Gasteiger partial charge in [-0.25, -0.2) is 4.98 Å². The largest absolute Gasteiger partial charge is 0.389 e. The molecule has 0 bridgehead atoms. The summed E-state index contributed by atoms with van der Waals surface area (Å²) in [6.07, 6.45) is 6.14. The van der Waals surface area contributed by atoms with E-state index in [1.165, 1.54) is 0 Å². The van der Waals surface area contributed by atoms with Gasteiger partial charge in [-0.15, -0.1) is 0 Å². The van der Waals surface area contributed by atoms with Crippen molar-refractivity contribution >= 4 is 34.8 Å². The molecule has 5 heteroatoms. The summed E-state index contributed by atoms with van der Waals surface area (Å²) in [4.78, 5) is 4.70. The zero-order valence-electron chi connectivity index (χ0n) is 11.2. The van der Waals surface area contributed by atoms with Crippen LogP contribution in [0.2, 0.25) is 0 Å². The second-order valence-electron chi connectivity index (χ2n) is 4.21. The lowest BCUT2D eigenvalue weighted by Crippen LogP contribution is -2.32. The SMILES string of the molecule is CCC(CC)(CNc1ncccc1C(N)=S)SC. The third-order valence-electron chi connectivity index (χ3n) is 3.37. The summed E-state index contributed by atoms with van der Waals surface area (Å²) in [7, 11) is 0. The van der Waals surface area contributed by atoms with Gasteiger partial charge in [-0.05, 0) is 31.2 Å². The molecular formula is C13H21N3S2. The molecule has 1 heterocycles. The molecule has 0 atom stereocenters. The highest BCUT2D eigenvalue weighted by atomic mass is 32.2. The Kier molecular flexibility index (Phi) is 5.88. The Bertz CT molecular complexity index is 395. The molecule has 0 aliphatic carbocycles. The van der Waals surface area contributed by atoms with Crippen molar-refractivity contribution in [2.24, 2.45) is 5.73 Å². The molecule has 3 nitrogen and oxygen atoms in total. The summed E-state index contributed by atoms with van der Waals surface area (Å²) in [5, 5.41) is 3.39.